The lowest BCUT2D eigenvalue weighted by Gasteiger charge is -2.37. The Morgan fingerprint density at radius 1 is 1.00 bits per heavy atom. The van der Waals surface area contributed by atoms with Crippen LogP contribution in [0, 0.1) is 17.0 Å². The number of hydrogen-bond donors (Lipinski definition) is 1. The molecule has 1 aromatic heterocycles. The molecule has 5 rings (SSSR count). The van der Waals surface area contributed by atoms with Crippen LogP contribution in [-0.4, -0.2) is 54.9 Å². The van der Waals surface area contributed by atoms with E-state index in [4.69, 9.17) is 20.8 Å². The molecule has 1 N–H and O–H groups in total. The first-order valence-corrected chi connectivity index (χ1v) is 13.3. The summed E-state index contributed by atoms with van der Waals surface area (Å²) in [4.78, 5) is 41.0. The van der Waals surface area contributed by atoms with Gasteiger partial charge < -0.3 is 24.3 Å². The highest BCUT2D eigenvalue weighted by atomic mass is 35.5. The van der Waals surface area contributed by atoms with Crippen LogP contribution in [0.3, 0.4) is 0 Å². The number of para-hydroxylation sites is 1. The molecule has 0 radical (unpaired) electrons. The van der Waals surface area contributed by atoms with E-state index in [1.54, 1.807) is 29.2 Å². The quantitative estimate of drug-likeness (QED) is 0.211. The third-order valence-electron chi connectivity index (χ3n) is 6.91. The average Bonchev–Trinajstić information content (AvgIpc) is 3.48. The summed E-state index contributed by atoms with van der Waals surface area (Å²) in [5, 5.41) is 14.9. The van der Waals surface area contributed by atoms with Crippen molar-refractivity contribution in [3.63, 3.8) is 0 Å². The van der Waals surface area contributed by atoms with Gasteiger partial charge in [0.25, 0.3) is 17.5 Å². The predicted molar refractivity (Wildman–Crippen MR) is 156 cm³/mol. The summed E-state index contributed by atoms with van der Waals surface area (Å²) in [6.45, 7) is 4.01. The lowest BCUT2D eigenvalue weighted by molar-refractivity contribution is -0.384. The van der Waals surface area contributed by atoms with Gasteiger partial charge in [-0.25, -0.2) is 0 Å². The van der Waals surface area contributed by atoms with Crippen LogP contribution in [0.4, 0.5) is 17.1 Å². The van der Waals surface area contributed by atoms with Crippen LogP contribution in [0.1, 0.15) is 26.5 Å². The fourth-order valence-electron chi connectivity index (χ4n) is 4.74. The number of hydrogen-bond acceptors (Lipinski definition) is 7. The van der Waals surface area contributed by atoms with Gasteiger partial charge in [0.05, 0.1) is 40.1 Å². The van der Waals surface area contributed by atoms with E-state index >= 15 is 0 Å². The Morgan fingerprint density at radius 2 is 1.73 bits per heavy atom. The molecule has 0 bridgehead atoms. The number of nitrogens with zero attached hydrogens (tertiary/aromatic N) is 3. The molecule has 0 unspecified atom stereocenters. The van der Waals surface area contributed by atoms with Crippen molar-refractivity contribution in [2.75, 3.05) is 43.5 Å². The van der Waals surface area contributed by atoms with Crippen molar-refractivity contribution in [1.29, 1.82) is 0 Å². The van der Waals surface area contributed by atoms with Crippen LogP contribution >= 0.6 is 11.6 Å². The number of nitro groups is 1. The summed E-state index contributed by atoms with van der Waals surface area (Å²) in [5.41, 5.74) is 2.87. The maximum absolute atomic E-state index is 13.2. The highest BCUT2D eigenvalue weighted by Crippen LogP contribution is 2.37. The van der Waals surface area contributed by atoms with Gasteiger partial charge in [0.15, 0.2) is 5.76 Å². The fourth-order valence-corrected chi connectivity index (χ4v) is 5.03. The van der Waals surface area contributed by atoms with Crippen molar-refractivity contribution in [3.05, 3.63) is 105 Å². The third-order valence-corrected chi connectivity index (χ3v) is 7.22. The number of aryl methyl sites for hydroxylation is 1. The van der Waals surface area contributed by atoms with Crippen molar-refractivity contribution >= 4 is 40.5 Å². The first kappa shape index (κ1) is 27.7. The van der Waals surface area contributed by atoms with E-state index in [9.17, 15) is 19.7 Å². The number of furan rings is 1. The van der Waals surface area contributed by atoms with Crippen LogP contribution in [0.2, 0.25) is 5.02 Å². The number of nitro benzene ring substituents is 1. The maximum atomic E-state index is 13.2. The van der Waals surface area contributed by atoms with Crippen LogP contribution in [0.15, 0.2) is 77.2 Å². The largest absolute Gasteiger partial charge is 0.497 e. The van der Waals surface area contributed by atoms with Crippen molar-refractivity contribution in [2.45, 2.75) is 6.92 Å². The number of anilines is 2. The average molecular weight is 575 g/mol. The highest BCUT2D eigenvalue weighted by Gasteiger charge is 2.26. The number of rotatable bonds is 7. The first-order valence-electron chi connectivity index (χ1n) is 12.9. The minimum Gasteiger partial charge on any atom is -0.497 e. The van der Waals surface area contributed by atoms with Gasteiger partial charge in [-0.1, -0.05) is 35.4 Å². The lowest BCUT2D eigenvalue weighted by atomic mass is 10.1. The second-order valence-corrected chi connectivity index (χ2v) is 9.95. The van der Waals surface area contributed by atoms with Crippen LogP contribution in [0.5, 0.6) is 5.75 Å². The van der Waals surface area contributed by atoms with E-state index in [-0.39, 0.29) is 28.7 Å². The molecule has 2 heterocycles. The molecule has 2 amide bonds. The Bertz CT molecular complexity index is 1610. The van der Waals surface area contributed by atoms with Gasteiger partial charge in [-0.3, -0.25) is 19.7 Å². The molecular weight excluding hydrogens is 548 g/mol. The Labute approximate surface area is 241 Å². The Hall–Kier alpha value is -4.83. The summed E-state index contributed by atoms with van der Waals surface area (Å²) < 4.78 is 10.8. The second kappa shape index (κ2) is 11.7. The zero-order valence-electron chi connectivity index (χ0n) is 22.4. The number of nitrogens with one attached hydrogen (secondary N) is 1. The predicted octanol–water partition coefficient (Wildman–Crippen LogP) is 6.04. The Morgan fingerprint density at radius 3 is 2.41 bits per heavy atom. The number of amides is 2. The molecule has 0 aliphatic carbocycles. The fraction of sp³-hybridized carbons (Fsp3) is 0.200. The number of carbonyl (C=O) groups is 2. The van der Waals surface area contributed by atoms with E-state index in [0.29, 0.717) is 53.9 Å². The van der Waals surface area contributed by atoms with Crippen molar-refractivity contribution in [2.24, 2.45) is 0 Å². The number of methoxy groups -OCH3 is 1. The molecule has 1 aliphatic rings. The topological polar surface area (TPSA) is 118 Å². The van der Waals surface area contributed by atoms with Crippen molar-refractivity contribution in [1.82, 2.24) is 4.90 Å². The molecule has 0 atom stereocenters. The normalized spacial score (nSPS) is 13.1. The Balaban J connectivity index is 1.31. The van der Waals surface area contributed by atoms with Crippen LogP contribution < -0.4 is 15.0 Å². The summed E-state index contributed by atoms with van der Waals surface area (Å²) >= 11 is 6.59. The van der Waals surface area contributed by atoms with Crippen molar-refractivity contribution < 1.29 is 23.7 Å². The molecule has 1 fully saturated rings. The summed E-state index contributed by atoms with van der Waals surface area (Å²) in [7, 11) is 1.42. The van der Waals surface area contributed by atoms with E-state index in [1.165, 1.54) is 31.4 Å². The summed E-state index contributed by atoms with van der Waals surface area (Å²) in [6.07, 6.45) is 0. The zero-order valence-corrected chi connectivity index (χ0v) is 23.2. The SMILES string of the molecule is COc1ccc(-c2ccc(C(=O)Nc3cccc(Cl)c3N3CCN(C(=O)c4ccc(C)cc4)CC3)o2)c([N+](=O)[O-])c1. The molecular formula is C30H27ClN4O6. The monoisotopic (exact) mass is 574 g/mol. The third kappa shape index (κ3) is 5.87. The maximum Gasteiger partial charge on any atom is 0.291 e. The molecule has 11 heteroatoms. The van der Waals surface area contributed by atoms with Gasteiger partial charge in [-0.05, 0) is 55.5 Å². The first-order chi connectivity index (χ1) is 19.7. The van der Waals surface area contributed by atoms with Gasteiger partial charge in [-0.2, -0.15) is 0 Å². The number of ether oxygens (including phenoxy) is 1. The van der Waals surface area contributed by atoms with E-state index in [2.05, 4.69) is 5.32 Å². The van der Waals surface area contributed by atoms with Gasteiger partial charge >= 0.3 is 0 Å². The minimum absolute atomic E-state index is 0.0236. The standard InChI is InChI=1S/C30H27ClN4O6/c1-19-6-8-20(9-7-19)30(37)34-16-14-33(15-17-34)28-23(31)4-3-5-24(28)32-29(36)27-13-12-26(41-27)22-11-10-21(40-2)18-25(22)35(38)39/h3-13,18H,14-17H2,1-2H3,(H,32,36). The van der Waals surface area contributed by atoms with E-state index in [0.717, 1.165) is 5.56 Å². The number of benzene rings is 3. The smallest absolute Gasteiger partial charge is 0.291 e. The van der Waals surface area contributed by atoms with Crippen molar-refractivity contribution in [3.8, 4) is 17.1 Å². The number of halogens is 1. The summed E-state index contributed by atoms with van der Waals surface area (Å²) in [6, 6.07) is 20.1. The molecule has 1 saturated heterocycles. The van der Waals surface area contributed by atoms with Gasteiger partial charge in [0, 0.05) is 31.7 Å². The van der Waals surface area contributed by atoms with Gasteiger partial charge in [-0.15, -0.1) is 0 Å². The summed E-state index contributed by atoms with van der Waals surface area (Å²) in [5.74, 6) is -0.0827. The Kier molecular flexibility index (Phi) is 7.93. The minimum atomic E-state index is -0.538. The van der Waals surface area contributed by atoms with Gasteiger partial charge in [0.2, 0.25) is 0 Å². The lowest BCUT2D eigenvalue weighted by Crippen LogP contribution is -2.49. The molecule has 4 aromatic rings. The second-order valence-electron chi connectivity index (χ2n) is 9.54. The molecule has 0 saturated carbocycles. The molecule has 210 valence electrons. The zero-order chi connectivity index (χ0) is 29.1. The van der Waals surface area contributed by atoms with E-state index in [1.807, 2.05) is 36.1 Å². The number of piperazine rings is 1. The molecule has 41 heavy (non-hydrogen) atoms. The van der Waals surface area contributed by atoms with E-state index < -0.39 is 10.8 Å². The van der Waals surface area contributed by atoms with Crippen LogP contribution in [0.25, 0.3) is 11.3 Å². The molecule has 3 aromatic carbocycles. The highest BCUT2D eigenvalue weighted by molar-refractivity contribution is 6.34. The van der Waals surface area contributed by atoms with Crippen LogP contribution in [-0.2, 0) is 0 Å². The molecule has 1 aliphatic heterocycles. The number of carbonyl (C=O) groups excluding carboxylic acids is 2. The molecule has 0 spiro atoms. The molecule has 10 nitrogen and oxygen atoms in total. The van der Waals surface area contributed by atoms with Gasteiger partial charge in [0.1, 0.15) is 11.5 Å².